The standard InChI is InChI=1S/C24H23Cl2FO2/c1-24(2)19(13-21(25)26)22(24)23(28)29-20-12-15(17-8-3-4-9-18(17)20)10-14-6-5-7-16(27)11-14/h3-9,11,13,15,19-20,22H,10,12H2,1-2H3/t15-,19?,20-,22?/m1/s1. The van der Waals surface area contributed by atoms with Gasteiger partial charge in [-0.1, -0.05) is 73.4 Å². The number of halogens is 3. The molecule has 0 amide bonds. The summed E-state index contributed by atoms with van der Waals surface area (Å²) in [6.07, 6.45) is 2.85. The lowest BCUT2D eigenvalue weighted by atomic mass is 9.93. The molecule has 29 heavy (non-hydrogen) atoms. The van der Waals surface area contributed by atoms with Gasteiger partial charge in [-0.25, -0.2) is 4.39 Å². The van der Waals surface area contributed by atoms with Crippen LogP contribution in [0.3, 0.4) is 0 Å². The summed E-state index contributed by atoms with van der Waals surface area (Å²) in [5.41, 5.74) is 2.95. The molecule has 0 bridgehead atoms. The molecule has 4 atom stereocenters. The van der Waals surface area contributed by atoms with Crippen molar-refractivity contribution in [2.24, 2.45) is 17.3 Å². The fourth-order valence-corrected chi connectivity index (χ4v) is 5.00. The fourth-order valence-electron chi connectivity index (χ4n) is 4.73. The zero-order valence-electron chi connectivity index (χ0n) is 16.4. The van der Waals surface area contributed by atoms with Crippen LogP contribution in [-0.4, -0.2) is 5.97 Å². The van der Waals surface area contributed by atoms with E-state index in [1.54, 1.807) is 18.2 Å². The third-order valence-corrected chi connectivity index (χ3v) is 6.63. The van der Waals surface area contributed by atoms with Crippen LogP contribution < -0.4 is 0 Å². The number of rotatable bonds is 5. The molecule has 4 rings (SSSR count). The molecule has 0 heterocycles. The summed E-state index contributed by atoms with van der Waals surface area (Å²) < 4.78 is 19.7. The minimum absolute atomic E-state index is 0.0141. The number of ether oxygens (including phenoxy) is 1. The topological polar surface area (TPSA) is 26.3 Å². The van der Waals surface area contributed by atoms with Crippen molar-refractivity contribution in [2.75, 3.05) is 0 Å². The summed E-state index contributed by atoms with van der Waals surface area (Å²) >= 11 is 11.6. The van der Waals surface area contributed by atoms with E-state index in [9.17, 15) is 9.18 Å². The molecule has 2 nitrogen and oxygen atoms in total. The molecular weight excluding hydrogens is 410 g/mol. The van der Waals surface area contributed by atoms with Crippen LogP contribution in [0.15, 0.2) is 59.1 Å². The first-order chi connectivity index (χ1) is 13.8. The molecule has 2 aromatic carbocycles. The molecule has 152 valence electrons. The number of allylic oxidation sites excluding steroid dienone is 1. The van der Waals surface area contributed by atoms with Crippen LogP contribution in [0.2, 0.25) is 0 Å². The Labute approximate surface area is 180 Å². The van der Waals surface area contributed by atoms with Gasteiger partial charge in [0.05, 0.1) is 5.92 Å². The van der Waals surface area contributed by atoms with Crippen LogP contribution in [0.1, 0.15) is 49.0 Å². The highest BCUT2D eigenvalue weighted by Gasteiger charge is 2.62. The maximum Gasteiger partial charge on any atom is 0.310 e. The lowest BCUT2D eigenvalue weighted by Gasteiger charge is -2.15. The highest BCUT2D eigenvalue weighted by atomic mass is 35.5. The van der Waals surface area contributed by atoms with Crippen LogP contribution in [-0.2, 0) is 16.0 Å². The Hall–Kier alpha value is -1.84. The van der Waals surface area contributed by atoms with Crippen molar-refractivity contribution in [1.82, 2.24) is 0 Å². The Balaban J connectivity index is 1.51. The molecule has 2 unspecified atom stereocenters. The van der Waals surface area contributed by atoms with Gasteiger partial charge in [0.15, 0.2) is 0 Å². The monoisotopic (exact) mass is 432 g/mol. The van der Waals surface area contributed by atoms with Crippen molar-refractivity contribution < 1.29 is 13.9 Å². The number of hydrogen-bond donors (Lipinski definition) is 0. The number of fused-ring (bicyclic) bond motifs is 1. The second-order valence-electron chi connectivity index (χ2n) is 8.60. The van der Waals surface area contributed by atoms with E-state index in [2.05, 4.69) is 6.07 Å². The molecular formula is C24H23Cl2FO2. The fraction of sp³-hybridized carbons (Fsp3) is 0.375. The second-order valence-corrected chi connectivity index (χ2v) is 9.61. The largest absolute Gasteiger partial charge is 0.457 e. The van der Waals surface area contributed by atoms with Gasteiger partial charge in [0, 0.05) is 0 Å². The molecule has 0 N–H and O–H groups in total. The van der Waals surface area contributed by atoms with Crippen molar-refractivity contribution in [1.29, 1.82) is 0 Å². The zero-order valence-corrected chi connectivity index (χ0v) is 17.9. The summed E-state index contributed by atoms with van der Waals surface area (Å²) in [4.78, 5) is 12.9. The summed E-state index contributed by atoms with van der Waals surface area (Å²) in [7, 11) is 0. The second kappa shape index (κ2) is 7.77. The zero-order chi connectivity index (χ0) is 20.8. The van der Waals surface area contributed by atoms with E-state index in [4.69, 9.17) is 27.9 Å². The molecule has 5 heteroatoms. The van der Waals surface area contributed by atoms with Gasteiger partial charge < -0.3 is 4.74 Å². The first-order valence-electron chi connectivity index (χ1n) is 9.84. The summed E-state index contributed by atoms with van der Waals surface area (Å²) in [5.74, 6) is -0.517. The van der Waals surface area contributed by atoms with Gasteiger partial charge in [-0.15, -0.1) is 0 Å². The molecule has 2 aliphatic carbocycles. The average molecular weight is 433 g/mol. The van der Waals surface area contributed by atoms with Crippen molar-refractivity contribution in [2.45, 2.75) is 38.7 Å². The third-order valence-electron chi connectivity index (χ3n) is 6.38. The van der Waals surface area contributed by atoms with Gasteiger partial charge in [-0.3, -0.25) is 4.79 Å². The molecule has 0 saturated heterocycles. The quantitative estimate of drug-likeness (QED) is 0.489. The van der Waals surface area contributed by atoms with E-state index >= 15 is 0 Å². The number of hydrogen-bond acceptors (Lipinski definition) is 2. The minimum Gasteiger partial charge on any atom is -0.457 e. The van der Waals surface area contributed by atoms with Crippen LogP contribution >= 0.6 is 23.2 Å². The predicted molar refractivity (Wildman–Crippen MR) is 113 cm³/mol. The molecule has 0 aromatic heterocycles. The lowest BCUT2D eigenvalue weighted by molar-refractivity contribution is -0.152. The van der Waals surface area contributed by atoms with Gasteiger partial charge in [0.25, 0.3) is 0 Å². The molecule has 0 radical (unpaired) electrons. The van der Waals surface area contributed by atoms with E-state index in [1.807, 2.05) is 38.1 Å². The third kappa shape index (κ3) is 4.08. The highest BCUT2D eigenvalue weighted by molar-refractivity contribution is 6.55. The highest BCUT2D eigenvalue weighted by Crippen LogP contribution is 2.60. The van der Waals surface area contributed by atoms with Gasteiger partial charge in [0.2, 0.25) is 0 Å². The van der Waals surface area contributed by atoms with E-state index in [1.165, 1.54) is 11.6 Å². The van der Waals surface area contributed by atoms with Crippen molar-refractivity contribution in [3.63, 3.8) is 0 Å². The average Bonchev–Trinajstić information content (AvgIpc) is 3.01. The number of carbonyl (C=O) groups is 1. The number of carbonyl (C=O) groups excluding carboxylic acids is 1. The van der Waals surface area contributed by atoms with Crippen LogP contribution in [0, 0.1) is 23.1 Å². The normalized spacial score (nSPS) is 26.5. The lowest BCUT2D eigenvalue weighted by Crippen LogP contribution is -2.14. The molecule has 0 aliphatic heterocycles. The van der Waals surface area contributed by atoms with Crippen LogP contribution in [0.4, 0.5) is 4.39 Å². The van der Waals surface area contributed by atoms with Gasteiger partial charge in [0.1, 0.15) is 16.4 Å². The smallest absolute Gasteiger partial charge is 0.310 e. The Morgan fingerprint density at radius 3 is 2.59 bits per heavy atom. The molecule has 0 spiro atoms. The van der Waals surface area contributed by atoms with Crippen molar-refractivity contribution in [3.8, 4) is 0 Å². The maximum absolute atomic E-state index is 13.6. The van der Waals surface area contributed by atoms with E-state index in [0.717, 1.165) is 11.1 Å². The molecule has 2 aromatic rings. The Kier molecular flexibility index (Phi) is 5.48. The van der Waals surface area contributed by atoms with Gasteiger partial charge >= 0.3 is 5.97 Å². The van der Waals surface area contributed by atoms with Crippen LogP contribution in [0.5, 0.6) is 0 Å². The SMILES string of the molecule is CC1(C)C(C=C(Cl)Cl)C1C(=O)O[C@@H]1C[C@@H](Cc2cccc(F)c2)c2ccccc21. The Bertz CT molecular complexity index is 965. The van der Waals surface area contributed by atoms with E-state index < -0.39 is 0 Å². The summed E-state index contributed by atoms with van der Waals surface area (Å²) in [6, 6.07) is 14.7. The van der Waals surface area contributed by atoms with Crippen molar-refractivity contribution >= 4 is 29.2 Å². The van der Waals surface area contributed by atoms with Gasteiger partial charge in [-0.2, -0.15) is 0 Å². The molecule has 1 saturated carbocycles. The Morgan fingerprint density at radius 1 is 1.17 bits per heavy atom. The molecule has 1 fully saturated rings. The van der Waals surface area contributed by atoms with Crippen LogP contribution in [0.25, 0.3) is 0 Å². The number of esters is 1. The summed E-state index contributed by atoms with van der Waals surface area (Å²) in [6.45, 7) is 4.04. The van der Waals surface area contributed by atoms with Crippen molar-refractivity contribution in [3.05, 3.63) is 81.6 Å². The maximum atomic E-state index is 13.6. The van der Waals surface area contributed by atoms with E-state index in [0.29, 0.717) is 12.8 Å². The number of benzene rings is 2. The van der Waals surface area contributed by atoms with E-state index in [-0.39, 0.29) is 45.6 Å². The molecule has 2 aliphatic rings. The first kappa shape index (κ1) is 20.4. The van der Waals surface area contributed by atoms with Gasteiger partial charge in [-0.05, 0) is 65.0 Å². The summed E-state index contributed by atoms with van der Waals surface area (Å²) in [5, 5.41) is 0. The first-order valence-corrected chi connectivity index (χ1v) is 10.6. The minimum atomic E-state index is -0.287. The Morgan fingerprint density at radius 2 is 1.90 bits per heavy atom. The predicted octanol–water partition coefficient (Wildman–Crippen LogP) is 6.73.